The Morgan fingerprint density at radius 1 is 1.21 bits per heavy atom. The number of fused-ring (bicyclic) bond motifs is 5. The van der Waals surface area contributed by atoms with Crippen molar-refractivity contribution in [2.75, 3.05) is 25.2 Å². The summed E-state index contributed by atoms with van der Waals surface area (Å²) in [5, 5.41) is 5.87. The van der Waals surface area contributed by atoms with Crippen LogP contribution in [-0.4, -0.2) is 52.1 Å². The number of carbonyl (C=O) groups is 1. The van der Waals surface area contributed by atoms with Gasteiger partial charge in [-0.2, -0.15) is 0 Å². The van der Waals surface area contributed by atoms with Gasteiger partial charge in [-0.3, -0.25) is 4.79 Å². The Morgan fingerprint density at radius 2 is 2.06 bits per heavy atom. The van der Waals surface area contributed by atoms with Gasteiger partial charge >= 0.3 is 0 Å². The van der Waals surface area contributed by atoms with Crippen molar-refractivity contribution in [3.63, 3.8) is 0 Å². The van der Waals surface area contributed by atoms with Crippen LogP contribution >= 0.6 is 34.9 Å². The first kappa shape index (κ1) is 23.3. The topological polar surface area (TPSA) is 77.0 Å². The first-order chi connectivity index (χ1) is 16.0. The molecular formula is C24H30N4O2S3. The molecule has 176 valence electrons. The van der Waals surface area contributed by atoms with E-state index in [2.05, 4.69) is 19.2 Å². The number of nitrogens with one attached hydrogen (secondary N) is 1. The molecule has 33 heavy (non-hydrogen) atoms. The lowest BCUT2D eigenvalue weighted by atomic mass is 9.99. The molecule has 5 rings (SSSR count). The zero-order valence-electron chi connectivity index (χ0n) is 19.4. The van der Waals surface area contributed by atoms with Gasteiger partial charge < -0.3 is 10.1 Å². The summed E-state index contributed by atoms with van der Waals surface area (Å²) < 4.78 is 6.67. The molecule has 1 atom stereocenters. The Labute approximate surface area is 207 Å². The van der Waals surface area contributed by atoms with Crippen LogP contribution in [0.2, 0.25) is 0 Å². The number of aryl methyl sites for hydroxylation is 1. The van der Waals surface area contributed by atoms with Crippen LogP contribution in [0, 0.1) is 5.92 Å². The van der Waals surface area contributed by atoms with Gasteiger partial charge in [0.15, 0.2) is 5.16 Å². The van der Waals surface area contributed by atoms with Crippen molar-refractivity contribution in [3.05, 3.63) is 16.8 Å². The van der Waals surface area contributed by atoms with E-state index < -0.39 is 0 Å². The van der Waals surface area contributed by atoms with E-state index in [-0.39, 0.29) is 12.0 Å². The summed E-state index contributed by atoms with van der Waals surface area (Å²) in [6.45, 7) is 5.90. The predicted molar refractivity (Wildman–Crippen MR) is 138 cm³/mol. The quantitative estimate of drug-likeness (QED) is 0.263. The van der Waals surface area contributed by atoms with Crippen LogP contribution in [0.5, 0.6) is 0 Å². The largest absolute Gasteiger partial charge is 0.376 e. The number of ether oxygens (including phenoxy) is 1. The minimum atomic E-state index is 0.0207. The number of carbonyl (C=O) groups excluding carboxylic acids is 1. The number of rotatable bonds is 8. The molecule has 3 aromatic heterocycles. The average molecular weight is 503 g/mol. The van der Waals surface area contributed by atoms with Crippen LogP contribution in [0.3, 0.4) is 0 Å². The minimum Gasteiger partial charge on any atom is -0.376 e. The number of amides is 1. The number of thiophene rings is 1. The Bertz CT molecular complexity index is 1190. The highest BCUT2D eigenvalue weighted by molar-refractivity contribution is 8.00. The summed E-state index contributed by atoms with van der Waals surface area (Å²) in [6, 6.07) is 0. The van der Waals surface area contributed by atoms with Crippen LogP contribution in [0.1, 0.15) is 49.9 Å². The first-order valence-electron chi connectivity index (χ1n) is 11.7. The Kier molecular flexibility index (Phi) is 7.11. The number of thioether (sulfide) groups is 2. The third-order valence-corrected chi connectivity index (χ3v) is 8.97. The summed E-state index contributed by atoms with van der Waals surface area (Å²) >= 11 is 4.73. The molecule has 1 fully saturated rings. The molecule has 0 radical (unpaired) electrons. The summed E-state index contributed by atoms with van der Waals surface area (Å²) in [5.74, 6) is 0.939. The molecule has 0 spiro atoms. The fourth-order valence-corrected chi connectivity index (χ4v) is 7.28. The number of aromatic nitrogens is 3. The van der Waals surface area contributed by atoms with Gasteiger partial charge in [-0.15, -0.1) is 11.3 Å². The lowest BCUT2D eigenvalue weighted by molar-refractivity contribution is -0.119. The van der Waals surface area contributed by atoms with Crippen LogP contribution < -0.4 is 5.32 Å². The molecule has 0 bridgehead atoms. The Balaban J connectivity index is 1.47. The predicted octanol–water partition coefficient (Wildman–Crippen LogP) is 5.04. The van der Waals surface area contributed by atoms with E-state index in [1.807, 2.05) is 6.26 Å². The molecular weight excluding hydrogens is 472 g/mol. The summed E-state index contributed by atoms with van der Waals surface area (Å²) in [5.41, 5.74) is 5.16. The number of hydrogen-bond acceptors (Lipinski definition) is 8. The maximum Gasteiger partial charge on any atom is 0.230 e. The standard InChI is InChI=1S/C24H30N4O2S3/c1-13(2)10-17-15-7-4-8-16(15)19-20-21(33-22(19)26-17)23(28-24(27-20)31-3)32-12-18(29)25-11-14-6-5-9-30-14/h13-14H,4-12H2,1-3H3,(H,25,29)/t14-/m0/s1. The molecule has 3 aromatic rings. The molecule has 4 heterocycles. The minimum absolute atomic E-state index is 0.0207. The third kappa shape index (κ3) is 4.88. The van der Waals surface area contributed by atoms with Crippen molar-refractivity contribution < 1.29 is 9.53 Å². The molecule has 1 amide bonds. The second kappa shape index (κ2) is 10.1. The van der Waals surface area contributed by atoms with Gasteiger partial charge in [-0.1, -0.05) is 37.4 Å². The van der Waals surface area contributed by atoms with Crippen molar-refractivity contribution in [1.82, 2.24) is 20.3 Å². The molecule has 1 N–H and O–H groups in total. The van der Waals surface area contributed by atoms with Crippen molar-refractivity contribution >= 4 is 61.2 Å². The lowest BCUT2D eigenvalue weighted by Gasteiger charge is -2.11. The maximum atomic E-state index is 12.5. The van der Waals surface area contributed by atoms with Crippen LogP contribution in [0.15, 0.2) is 10.2 Å². The van der Waals surface area contributed by atoms with Gasteiger partial charge in [0.2, 0.25) is 5.91 Å². The van der Waals surface area contributed by atoms with Crippen LogP contribution in [0.4, 0.5) is 0 Å². The van der Waals surface area contributed by atoms with Crippen molar-refractivity contribution in [3.8, 4) is 0 Å². The van der Waals surface area contributed by atoms with Crippen molar-refractivity contribution in [1.29, 1.82) is 0 Å². The van der Waals surface area contributed by atoms with Gasteiger partial charge in [-0.25, -0.2) is 15.0 Å². The first-order valence-corrected chi connectivity index (χ1v) is 14.8. The molecule has 6 nitrogen and oxygen atoms in total. The monoisotopic (exact) mass is 502 g/mol. The molecule has 1 saturated heterocycles. The molecule has 1 aliphatic heterocycles. The van der Waals surface area contributed by atoms with E-state index in [1.54, 1.807) is 23.1 Å². The molecule has 1 aliphatic carbocycles. The average Bonchev–Trinajstić information content (AvgIpc) is 3.54. The van der Waals surface area contributed by atoms with Gasteiger partial charge in [0.1, 0.15) is 9.86 Å². The summed E-state index contributed by atoms with van der Waals surface area (Å²) in [6.07, 6.45) is 8.67. The van der Waals surface area contributed by atoms with E-state index in [4.69, 9.17) is 19.7 Å². The van der Waals surface area contributed by atoms with E-state index in [0.29, 0.717) is 18.2 Å². The van der Waals surface area contributed by atoms with Crippen LogP contribution in [-0.2, 0) is 28.8 Å². The van der Waals surface area contributed by atoms with Gasteiger partial charge in [-0.05, 0) is 61.8 Å². The van der Waals surface area contributed by atoms with Crippen LogP contribution in [0.25, 0.3) is 20.4 Å². The zero-order valence-corrected chi connectivity index (χ0v) is 21.9. The second-order valence-corrected chi connectivity index (χ2v) is 11.9. The molecule has 9 heteroatoms. The number of hydrogen-bond donors (Lipinski definition) is 1. The fourth-order valence-electron chi connectivity index (χ4n) is 4.76. The van der Waals surface area contributed by atoms with Gasteiger partial charge in [0.25, 0.3) is 0 Å². The Hall–Kier alpha value is -1.42. The second-order valence-electron chi connectivity index (χ2n) is 9.17. The van der Waals surface area contributed by atoms with E-state index in [0.717, 1.165) is 63.9 Å². The Morgan fingerprint density at radius 3 is 2.82 bits per heavy atom. The van der Waals surface area contributed by atoms with Gasteiger partial charge in [0.05, 0.1) is 22.1 Å². The van der Waals surface area contributed by atoms with E-state index in [9.17, 15) is 4.79 Å². The lowest BCUT2D eigenvalue weighted by Crippen LogP contribution is -2.32. The highest BCUT2D eigenvalue weighted by Gasteiger charge is 2.25. The smallest absolute Gasteiger partial charge is 0.230 e. The molecule has 0 unspecified atom stereocenters. The number of pyridine rings is 1. The fraction of sp³-hybridized carbons (Fsp3) is 0.583. The third-order valence-electron chi connectivity index (χ3n) is 6.24. The summed E-state index contributed by atoms with van der Waals surface area (Å²) in [4.78, 5) is 28.4. The summed E-state index contributed by atoms with van der Waals surface area (Å²) in [7, 11) is 0. The highest BCUT2D eigenvalue weighted by atomic mass is 32.2. The maximum absolute atomic E-state index is 12.5. The SMILES string of the molecule is CSc1nc(SCC(=O)NC[C@@H]2CCCO2)c2sc3nc(CC(C)C)c4c(c3c2n1)CCC4. The molecule has 0 aromatic carbocycles. The van der Waals surface area contributed by atoms with Crippen molar-refractivity contribution in [2.45, 2.75) is 68.7 Å². The molecule has 0 saturated carbocycles. The zero-order chi connectivity index (χ0) is 22.9. The van der Waals surface area contributed by atoms with E-state index >= 15 is 0 Å². The van der Waals surface area contributed by atoms with Crippen molar-refractivity contribution in [2.24, 2.45) is 5.92 Å². The highest BCUT2D eigenvalue weighted by Crippen LogP contribution is 2.43. The molecule has 2 aliphatic rings. The van der Waals surface area contributed by atoms with E-state index in [1.165, 1.54) is 40.4 Å². The normalized spacial score (nSPS) is 18.0. The number of nitrogens with zero attached hydrogens (tertiary/aromatic N) is 3. The van der Waals surface area contributed by atoms with Gasteiger partial charge in [0, 0.05) is 24.2 Å².